The summed E-state index contributed by atoms with van der Waals surface area (Å²) in [5, 5.41) is 3.01. The lowest BCUT2D eigenvalue weighted by atomic mass is 10.0. The third-order valence-corrected chi connectivity index (χ3v) is 3.93. The molecule has 4 nitrogen and oxygen atoms in total. The number of hydrogen-bond acceptors (Lipinski definition) is 3. The van der Waals surface area contributed by atoms with Crippen molar-refractivity contribution in [3.8, 4) is 11.5 Å². The zero-order chi connectivity index (χ0) is 17.7. The minimum absolute atomic E-state index is 0.154. The Labute approximate surface area is 143 Å². The van der Waals surface area contributed by atoms with E-state index in [2.05, 4.69) is 17.4 Å². The highest BCUT2D eigenvalue weighted by atomic mass is 16.5. The highest BCUT2D eigenvalue weighted by Crippen LogP contribution is 2.28. The van der Waals surface area contributed by atoms with Gasteiger partial charge in [0.1, 0.15) is 0 Å². The van der Waals surface area contributed by atoms with E-state index in [0.717, 1.165) is 16.8 Å². The molecule has 0 spiro atoms. The lowest BCUT2D eigenvalue weighted by Gasteiger charge is -2.20. The van der Waals surface area contributed by atoms with E-state index in [0.29, 0.717) is 17.9 Å². The van der Waals surface area contributed by atoms with Gasteiger partial charge in [-0.15, -0.1) is 0 Å². The van der Waals surface area contributed by atoms with Gasteiger partial charge in [0.2, 0.25) is 0 Å². The molecule has 1 amide bonds. The Balaban J connectivity index is 2.18. The van der Waals surface area contributed by atoms with Gasteiger partial charge in [-0.2, -0.15) is 0 Å². The van der Waals surface area contributed by atoms with Crippen LogP contribution in [0.2, 0.25) is 0 Å². The SMILES string of the molecule is CC[C@@H](Oc1ccccc1OC)C(=O)Nc1c(C)cc(C)cc1C. The Morgan fingerprint density at radius 3 is 2.21 bits per heavy atom. The molecular formula is C20H25NO3. The fourth-order valence-electron chi connectivity index (χ4n) is 2.77. The van der Waals surface area contributed by atoms with E-state index >= 15 is 0 Å². The monoisotopic (exact) mass is 327 g/mol. The van der Waals surface area contributed by atoms with Crippen molar-refractivity contribution >= 4 is 11.6 Å². The number of rotatable bonds is 6. The maximum absolute atomic E-state index is 12.7. The smallest absolute Gasteiger partial charge is 0.265 e. The molecular weight excluding hydrogens is 302 g/mol. The van der Waals surface area contributed by atoms with Crippen LogP contribution >= 0.6 is 0 Å². The highest BCUT2D eigenvalue weighted by Gasteiger charge is 2.21. The standard InChI is InChI=1S/C20H25NO3/c1-6-16(24-18-10-8-7-9-17(18)23-5)20(22)21-19-14(3)11-13(2)12-15(19)4/h7-12,16H,6H2,1-5H3,(H,21,22)/t16-/m1/s1. The quantitative estimate of drug-likeness (QED) is 0.854. The second-order valence-electron chi connectivity index (χ2n) is 5.93. The Morgan fingerprint density at radius 1 is 1.08 bits per heavy atom. The van der Waals surface area contributed by atoms with Gasteiger partial charge in [0, 0.05) is 5.69 Å². The Hall–Kier alpha value is -2.49. The van der Waals surface area contributed by atoms with Gasteiger partial charge in [-0.3, -0.25) is 4.79 Å². The topological polar surface area (TPSA) is 47.6 Å². The molecule has 2 aromatic rings. The molecule has 0 aliphatic rings. The van der Waals surface area contributed by atoms with E-state index in [-0.39, 0.29) is 5.91 Å². The Bertz CT molecular complexity index is 702. The first-order valence-electron chi connectivity index (χ1n) is 8.14. The maximum Gasteiger partial charge on any atom is 0.265 e. The molecule has 0 saturated heterocycles. The average Bonchev–Trinajstić information content (AvgIpc) is 2.56. The van der Waals surface area contributed by atoms with Crippen molar-refractivity contribution in [3.63, 3.8) is 0 Å². The predicted molar refractivity (Wildman–Crippen MR) is 97.0 cm³/mol. The lowest BCUT2D eigenvalue weighted by Crippen LogP contribution is -2.33. The molecule has 0 fully saturated rings. The van der Waals surface area contributed by atoms with Gasteiger partial charge in [0.15, 0.2) is 17.6 Å². The van der Waals surface area contributed by atoms with Crippen LogP contribution in [-0.2, 0) is 4.79 Å². The number of para-hydroxylation sites is 2. The average molecular weight is 327 g/mol. The van der Waals surface area contributed by atoms with Gasteiger partial charge in [-0.25, -0.2) is 0 Å². The third-order valence-electron chi connectivity index (χ3n) is 3.93. The van der Waals surface area contributed by atoms with Gasteiger partial charge in [0.05, 0.1) is 7.11 Å². The summed E-state index contributed by atoms with van der Waals surface area (Å²) in [6, 6.07) is 11.5. The van der Waals surface area contributed by atoms with Gasteiger partial charge in [-0.05, 0) is 50.5 Å². The van der Waals surface area contributed by atoms with E-state index in [1.54, 1.807) is 13.2 Å². The van der Waals surface area contributed by atoms with E-state index in [1.807, 2.05) is 45.9 Å². The van der Waals surface area contributed by atoms with Crippen LogP contribution in [0.3, 0.4) is 0 Å². The molecule has 2 rings (SSSR count). The molecule has 0 saturated carbocycles. The molecule has 24 heavy (non-hydrogen) atoms. The van der Waals surface area contributed by atoms with Crippen LogP contribution in [0.25, 0.3) is 0 Å². The van der Waals surface area contributed by atoms with Crippen molar-refractivity contribution < 1.29 is 14.3 Å². The fraction of sp³-hybridized carbons (Fsp3) is 0.350. The van der Waals surface area contributed by atoms with Crippen molar-refractivity contribution in [1.82, 2.24) is 0 Å². The summed E-state index contributed by atoms with van der Waals surface area (Å²) in [5.41, 5.74) is 4.13. The van der Waals surface area contributed by atoms with E-state index in [1.165, 1.54) is 5.56 Å². The van der Waals surface area contributed by atoms with E-state index < -0.39 is 6.10 Å². The second-order valence-corrected chi connectivity index (χ2v) is 5.93. The molecule has 0 bridgehead atoms. The first-order chi connectivity index (χ1) is 11.5. The number of carbonyl (C=O) groups is 1. The number of anilines is 1. The second kappa shape index (κ2) is 7.86. The maximum atomic E-state index is 12.7. The zero-order valence-electron chi connectivity index (χ0n) is 15.0. The normalized spacial score (nSPS) is 11.7. The molecule has 0 aromatic heterocycles. The highest BCUT2D eigenvalue weighted by molar-refractivity contribution is 5.95. The largest absolute Gasteiger partial charge is 0.493 e. The van der Waals surface area contributed by atoms with Crippen molar-refractivity contribution in [2.45, 2.75) is 40.2 Å². The molecule has 0 aliphatic carbocycles. The van der Waals surface area contributed by atoms with Crippen molar-refractivity contribution in [2.24, 2.45) is 0 Å². The molecule has 0 heterocycles. The van der Waals surface area contributed by atoms with Crippen LogP contribution in [-0.4, -0.2) is 19.1 Å². The van der Waals surface area contributed by atoms with Crippen LogP contribution < -0.4 is 14.8 Å². The van der Waals surface area contributed by atoms with Crippen LogP contribution in [0.15, 0.2) is 36.4 Å². The summed E-state index contributed by atoms with van der Waals surface area (Å²) in [5.74, 6) is 1.03. The number of nitrogens with one attached hydrogen (secondary N) is 1. The first-order valence-corrected chi connectivity index (χ1v) is 8.14. The summed E-state index contributed by atoms with van der Waals surface area (Å²) in [7, 11) is 1.59. The van der Waals surface area contributed by atoms with E-state index in [4.69, 9.17) is 9.47 Å². The minimum Gasteiger partial charge on any atom is -0.493 e. The number of methoxy groups -OCH3 is 1. The summed E-state index contributed by atoms with van der Waals surface area (Å²) >= 11 is 0. The minimum atomic E-state index is -0.582. The van der Waals surface area contributed by atoms with Crippen molar-refractivity contribution in [1.29, 1.82) is 0 Å². The number of aryl methyl sites for hydroxylation is 3. The number of benzene rings is 2. The van der Waals surface area contributed by atoms with Crippen LogP contribution in [0, 0.1) is 20.8 Å². The van der Waals surface area contributed by atoms with Crippen LogP contribution in [0.4, 0.5) is 5.69 Å². The summed E-state index contributed by atoms with van der Waals surface area (Å²) < 4.78 is 11.2. The van der Waals surface area contributed by atoms with Gasteiger partial charge in [0.25, 0.3) is 5.91 Å². The lowest BCUT2D eigenvalue weighted by molar-refractivity contribution is -0.122. The molecule has 1 atom stereocenters. The molecule has 0 aliphatic heterocycles. The molecule has 0 unspecified atom stereocenters. The van der Waals surface area contributed by atoms with Gasteiger partial charge >= 0.3 is 0 Å². The van der Waals surface area contributed by atoms with Crippen LogP contribution in [0.5, 0.6) is 11.5 Å². The number of carbonyl (C=O) groups excluding carboxylic acids is 1. The molecule has 1 N–H and O–H groups in total. The van der Waals surface area contributed by atoms with Crippen LogP contribution in [0.1, 0.15) is 30.0 Å². The predicted octanol–water partition coefficient (Wildman–Crippen LogP) is 4.42. The molecule has 128 valence electrons. The number of amides is 1. The van der Waals surface area contributed by atoms with Gasteiger partial charge < -0.3 is 14.8 Å². The molecule has 0 radical (unpaired) electrons. The summed E-state index contributed by atoms with van der Waals surface area (Å²) in [6.45, 7) is 7.97. The number of hydrogen-bond donors (Lipinski definition) is 1. The van der Waals surface area contributed by atoms with Crippen molar-refractivity contribution in [2.75, 3.05) is 12.4 Å². The molecule has 2 aromatic carbocycles. The fourth-order valence-corrected chi connectivity index (χ4v) is 2.77. The van der Waals surface area contributed by atoms with Gasteiger partial charge in [-0.1, -0.05) is 36.8 Å². The van der Waals surface area contributed by atoms with E-state index in [9.17, 15) is 4.79 Å². The third kappa shape index (κ3) is 4.07. The molecule has 4 heteroatoms. The Kier molecular flexibility index (Phi) is 5.85. The summed E-state index contributed by atoms with van der Waals surface area (Å²) in [4.78, 5) is 12.7. The van der Waals surface area contributed by atoms with Crippen molar-refractivity contribution in [3.05, 3.63) is 53.1 Å². The summed E-state index contributed by atoms with van der Waals surface area (Å²) in [6.07, 6.45) is -0.0187. The first kappa shape index (κ1) is 17.9. The zero-order valence-corrected chi connectivity index (χ0v) is 15.0. The Morgan fingerprint density at radius 2 is 1.67 bits per heavy atom. The number of ether oxygens (including phenoxy) is 2.